The number of carbonyl (C=O) groups is 1. The summed E-state index contributed by atoms with van der Waals surface area (Å²) in [6.07, 6.45) is 4.86. The van der Waals surface area contributed by atoms with Crippen LogP contribution in [0.25, 0.3) is 16.5 Å². The molecule has 2 heterocycles. The van der Waals surface area contributed by atoms with Gasteiger partial charge < -0.3 is 20.3 Å². The van der Waals surface area contributed by atoms with Crippen LogP contribution in [-0.2, 0) is 4.74 Å². The van der Waals surface area contributed by atoms with E-state index in [1.807, 2.05) is 32.9 Å². The van der Waals surface area contributed by atoms with Gasteiger partial charge in [0.15, 0.2) is 0 Å². The van der Waals surface area contributed by atoms with Crippen LogP contribution in [0.4, 0.5) is 26.6 Å². The van der Waals surface area contributed by atoms with Crippen molar-refractivity contribution in [2.45, 2.75) is 58.6 Å². The van der Waals surface area contributed by atoms with Crippen molar-refractivity contribution < 1.29 is 13.9 Å². The summed E-state index contributed by atoms with van der Waals surface area (Å²) in [5.41, 5.74) is 2.98. The van der Waals surface area contributed by atoms with Crippen molar-refractivity contribution in [3.05, 3.63) is 58.9 Å². The number of benzene rings is 2. The van der Waals surface area contributed by atoms with Crippen molar-refractivity contribution in [3.63, 3.8) is 0 Å². The van der Waals surface area contributed by atoms with E-state index in [0.29, 0.717) is 37.1 Å². The molecule has 2 aliphatic rings. The molecular weight excluding hydrogens is 505 g/mol. The van der Waals surface area contributed by atoms with Gasteiger partial charge in [-0.05, 0) is 82.7 Å². The van der Waals surface area contributed by atoms with Gasteiger partial charge in [-0.15, -0.1) is 0 Å². The second kappa shape index (κ2) is 10.4. The molecule has 38 heavy (non-hydrogen) atoms. The summed E-state index contributed by atoms with van der Waals surface area (Å²) >= 11 is 6.00. The van der Waals surface area contributed by atoms with Gasteiger partial charge in [-0.25, -0.2) is 14.2 Å². The zero-order chi connectivity index (χ0) is 27.0. The molecule has 2 aromatic carbocycles. The molecule has 0 bridgehead atoms. The van der Waals surface area contributed by atoms with Gasteiger partial charge in [0.25, 0.3) is 0 Å². The molecule has 0 spiro atoms. The van der Waals surface area contributed by atoms with Crippen LogP contribution in [0, 0.1) is 11.7 Å². The van der Waals surface area contributed by atoms with E-state index in [4.69, 9.17) is 26.3 Å². The van der Waals surface area contributed by atoms with Gasteiger partial charge in [0.1, 0.15) is 17.2 Å². The Balaban J connectivity index is 1.49. The van der Waals surface area contributed by atoms with Crippen molar-refractivity contribution >= 4 is 51.6 Å². The molecule has 0 saturated heterocycles. The summed E-state index contributed by atoms with van der Waals surface area (Å²) in [5.74, 6) is 1.29. The van der Waals surface area contributed by atoms with Crippen LogP contribution >= 0.6 is 11.6 Å². The average Bonchev–Trinajstić information content (AvgIpc) is 3.71. The van der Waals surface area contributed by atoms with Crippen LogP contribution in [0.2, 0.25) is 5.02 Å². The number of para-hydroxylation sites is 1. The zero-order valence-corrected chi connectivity index (χ0v) is 22.9. The van der Waals surface area contributed by atoms with Gasteiger partial charge >= 0.3 is 6.09 Å². The number of hydrogen-bond acceptors (Lipinski definition) is 6. The molecule has 1 aliphatic carbocycles. The Bertz CT molecular complexity index is 1400. The molecule has 1 atom stereocenters. The number of anilines is 3. The molecule has 1 amide bonds. The highest BCUT2D eigenvalue weighted by Gasteiger charge is 2.29. The fourth-order valence-corrected chi connectivity index (χ4v) is 4.80. The van der Waals surface area contributed by atoms with E-state index in [1.54, 1.807) is 11.0 Å². The summed E-state index contributed by atoms with van der Waals surface area (Å²) in [6.45, 7) is 8.81. The molecular formula is C29H33ClFN5O2. The van der Waals surface area contributed by atoms with E-state index < -0.39 is 11.4 Å². The first-order valence-corrected chi connectivity index (χ1v) is 13.4. The van der Waals surface area contributed by atoms with Crippen molar-refractivity contribution in [2.24, 2.45) is 5.92 Å². The lowest BCUT2D eigenvalue weighted by Gasteiger charge is -2.29. The third-order valence-corrected chi connectivity index (χ3v) is 7.09. The number of hydrogen-bond donors (Lipinski definition) is 2. The minimum absolute atomic E-state index is 0.0269. The van der Waals surface area contributed by atoms with E-state index in [-0.39, 0.29) is 17.2 Å². The predicted octanol–water partition coefficient (Wildman–Crippen LogP) is 7.40. The van der Waals surface area contributed by atoms with E-state index in [2.05, 4.69) is 29.7 Å². The Hall–Kier alpha value is -3.39. The molecule has 1 aromatic heterocycles. The summed E-state index contributed by atoms with van der Waals surface area (Å²) in [5, 5.41) is 7.75. The Labute approximate surface area is 227 Å². The molecule has 1 aliphatic heterocycles. The third-order valence-electron chi connectivity index (χ3n) is 6.80. The maximum Gasteiger partial charge on any atom is 0.410 e. The predicted molar refractivity (Wildman–Crippen MR) is 150 cm³/mol. The molecule has 1 saturated carbocycles. The molecule has 1 fully saturated rings. The molecule has 7 nitrogen and oxygen atoms in total. The second-order valence-electron chi connectivity index (χ2n) is 11.0. The molecule has 0 radical (unpaired) electrons. The fraction of sp³-hybridized carbons (Fsp3) is 0.414. The van der Waals surface area contributed by atoms with Gasteiger partial charge in [0.05, 0.1) is 10.5 Å². The van der Waals surface area contributed by atoms with Gasteiger partial charge in [0, 0.05) is 35.8 Å². The summed E-state index contributed by atoms with van der Waals surface area (Å²) in [6, 6.07) is 10.8. The molecule has 0 unspecified atom stereocenters. The van der Waals surface area contributed by atoms with Crippen molar-refractivity contribution in [2.75, 3.05) is 23.7 Å². The topological polar surface area (TPSA) is 79.4 Å². The Morgan fingerprint density at radius 2 is 2.00 bits per heavy atom. The smallest absolute Gasteiger partial charge is 0.410 e. The molecule has 9 heteroatoms. The average molecular weight is 538 g/mol. The third kappa shape index (κ3) is 6.01. The minimum atomic E-state index is -0.535. The highest BCUT2D eigenvalue weighted by Crippen LogP contribution is 2.37. The van der Waals surface area contributed by atoms with Crippen LogP contribution in [0.1, 0.15) is 52.5 Å². The maximum atomic E-state index is 13.7. The van der Waals surface area contributed by atoms with Crippen molar-refractivity contribution in [3.8, 4) is 0 Å². The molecule has 2 N–H and O–H groups in total. The second-order valence-corrected chi connectivity index (χ2v) is 11.4. The number of aromatic nitrogens is 2. The van der Waals surface area contributed by atoms with E-state index in [9.17, 15) is 9.18 Å². The standard InChI is InChI=1S/C29H33ClFN5O2/c1-17(18-8-9-18)32-26-22-7-5-6-21(19-12-14-36(15-13-19)28(37)38-29(2,3)4)25(22)34-27(35-26)33-20-10-11-24(31)23(30)16-20/h5-7,10-12,16-18H,8-9,13-15H2,1-4H3,(H2,32,33,34,35)/t17-/m1/s1. The minimum Gasteiger partial charge on any atom is -0.444 e. The summed E-state index contributed by atoms with van der Waals surface area (Å²) in [7, 11) is 0. The normalized spacial score (nSPS) is 16.7. The number of carbonyl (C=O) groups excluding carboxylic acids is 1. The Morgan fingerprint density at radius 3 is 2.66 bits per heavy atom. The van der Waals surface area contributed by atoms with Crippen LogP contribution in [0.5, 0.6) is 0 Å². The number of rotatable bonds is 6. The van der Waals surface area contributed by atoms with Gasteiger partial charge in [0.2, 0.25) is 5.95 Å². The summed E-state index contributed by atoms with van der Waals surface area (Å²) in [4.78, 5) is 23.9. The lowest BCUT2D eigenvalue weighted by molar-refractivity contribution is 0.0270. The number of amides is 1. The largest absolute Gasteiger partial charge is 0.444 e. The van der Waals surface area contributed by atoms with Crippen LogP contribution in [-0.4, -0.2) is 45.7 Å². The van der Waals surface area contributed by atoms with E-state index >= 15 is 0 Å². The van der Waals surface area contributed by atoms with Crippen LogP contribution < -0.4 is 10.6 Å². The lowest BCUT2D eigenvalue weighted by atomic mass is 9.97. The van der Waals surface area contributed by atoms with Crippen molar-refractivity contribution in [1.29, 1.82) is 0 Å². The number of nitrogens with one attached hydrogen (secondary N) is 2. The Kier molecular flexibility index (Phi) is 7.18. The molecule has 3 aromatic rings. The molecule has 200 valence electrons. The SMILES string of the molecule is C[C@@H](Nc1nc(Nc2ccc(F)c(Cl)c2)nc2c(C3=CCN(C(=O)OC(C)(C)C)CC3)cccc12)C1CC1. The first kappa shape index (κ1) is 26.2. The monoisotopic (exact) mass is 537 g/mol. The number of nitrogens with zero attached hydrogens (tertiary/aromatic N) is 3. The van der Waals surface area contributed by atoms with Gasteiger partial charge in [-0.2, -0.15) is 4.98 Å². The zero-order valence-electron chi connectivity index (χ0n) is 22.1. The van der Waals surface area contributed by atoms with Crippen LogP contribution in [0.3, 0.4) is 0 Å². The molecule has 5 rings (SSSR count). The number of fused-ring (bicyclic) bond motifs is 1. The highest BCUT2D eigenvalue weighted by molar-refractivity contribution is 6.31. The van der Waals surface area contributed by atoms with Crippen LogP contribution in [0.15, 0.2) is 42.5 Å². The lowest BCUT2D eigenvalue weighted by Crippen LogP contribution is -2.39. The Morgan fingerprint density at radius 1 is 1.21 bits per heavy atom. The highest BCUT2D eigenvalue weighted by atomic mass is 35.5. The number of ether oxygens (including phenoxy) is 1. The van der Waals surface area contributed by atoms with Crippen molar-refractivity contribution in [1.82, 2.24) is 14.9 Å². The maximum absolute atomic E-state index is 13.7. The quantitative estimate of drug-likeness (QED) is 0.341. The van der Waals surface area contributed by atoms with E-state index in [0.717, 1.165) is 27.9 Å². The summed E-state index contributed by atoms with van der Waals surface area (Å²) < 4.78 is 19.3. The first-order chi connectivity index (χ1) is 18.1. The fourth-order valence-electron chi connectivity index (χ4n) is 4.62. The van der Waals surface area contributed by atoms with Gasteiger partial charge in [-0.1, -0.05) is 29.8 Å². The van der Waals surface area contributed by atoms with Gasteiger partial charge in [-0.3, -0.25) is 0 Å². The van der Waals surface area contributed by atoms with E-state index in [1.165, 1.54) is 25.0 Å². The number of halogens is 2. The first-order valence-electron chi connectivity index (χ1n) is 13.0.